The van der Waals surface area contributed by atoms with Crippen molar-refractivity contribution >= 4 is 44.0 Å². The maximum absolute atomic E-state index is 12.9. The van der Waals surface area contributed by atoms with Crippen LogP contribution in [-0.2, 0) is 19.6 Å². The predicted molar refractivity (Wildman–Crippen MR) is 133 cm³/mol. The molecule has 1 aliphatic rings. The molecule has 2 N–H and O–H groups in total. The Morgan fingerprint density at radius 1 is 1.00 bits per heavy atom. The second-order valence-corrected chi connectivity index (χ2v) is 11.1. The average molecular weight is 499 g/mol. The van der Waals surface area contributed by atoms with Crippen molar-refractivity contribution in [1.29, 1.82) is 0 Å². The van der Waals surface area contributed by atoms with E-state index in [1.165, 1.54) is 22.6 Å². The molecule has 178 valence electrons. The van der Waals surface area contributed by atoms with Crippen LogP contribution in [0.4, 0.5) is 10.8 Å². The van der Waals surface area contributed by atoms with E-state index in [1.54, 1.807) is 36.4 Å². The van der Waals surface area contributed by atoms with Crippen LogP contribution in [0.5, 0.6) is 0 Å². The Morgan fingerprint density at radius 2 is 1.65 bits per heavy atom. The lowest BCUT2D eigenvalue weighted by molar-refractivity contribution is -0.121. The first kappa shape index (κ1) is 24.1. The predicted octanol–water partition coefficient (Wildman–Crippen LogP) is 4.12. The third kappa shape index (κ3) is 5.52. The summed E-state index contributed by atoms with van der Waals surface area (Å²) >= 11 is 1.34. The molecule has 0 aliphatic carbocycles. The van der Waals surface area contributed by atoms with E-state index < -0.39 is 10.0 Å². The third-order valence-corrected chi connectivity index (χ3v) is 8.39. The third-order valence-electron chi connectivity index (χ3n) is 5.72. The second kappa shape index (κ2) is 10.0. The zero-order chi connectivity index (χ0) is 24.3. The standard InChI is InChI=1S/C24H26N4O4S2/c1-16-3-9-21(10-4-16)34(31,32)28-13-11-19(12-14-28)23(30)27-24-26-22(15-33-24)18-5-7-20(8-6-18)25-17(2)29/h3-10,15,19H,11-14H2,1-2H3,(H,25,29)(H,26,27,30). The highest BCUT2D eigenvalue weighted by Crippen LogP contribution is 2.28. The molecule has 0 radical (unpaired) electrons. The Bertz CT molecular complexity index is 1280. The fourth-order valence-corrected chi connectivity index (χ4v) is 6.01. The van der Waals surface area contributed by atoms with Gasteiger partial charge in [-0.3, -0.25) is 9.59 Å². The number of rotatable bonds is 6. The highest BCUT2D eigenvalue weighted by Gasteiger charge is 2.32. The normalized spacial score (nSPS) is 15.1. The average Bonchev–Trinajstić information content (AvgIpc) is 3.28. The van der Waals surface area contributed by atoms with Gasteiger partial charge in [0, 0.05) is 42.6 Å². The van der Waals surface area contributed by atoms with Crippen LogP contribution in [0.15, 0.2) is 58.8 Å². The smallest absolute Gasteiger partial charge is 0.243 e. The van der Waals surface area contributed by atoms with Crippen molar-refractivity contribution in [2.24, 2.45) is 5.92 Å². The van der Waals surface area contributed by atoms with Gasteiger partial charge >= 0.3 is 0 Å². The van der Waals surface area contributed by atoms with E-state index in [1.807, 2.05) is 24.4 Å². The Balaban J connectivity index is 1.33. The van der Waals surface area contributed by atoms with Crippen molar-refractivity contribution in [2.75, 3.05) is 23.7 Å². The van der Waals surface area contributed by atoms with Gasteiger partial charge in [0.15, 0.2) is 5.13 Å². The first-order chi connectivity index (χ1) is 16.2. The number of sulfonamides is 1. The Kier molecular flexibility index (Phi) is 7.11. The number of carbonyl (C=O) groups excluding carboxylic acids is 2. The number of anilines is 2. The van der Waals surface area contributed by atoms with Crippen LogP contribution < -0.4 is 10.6 Å². The number of aryl methyl sites for hydroxylation is 1. The van der Waals surface area contributed by atoms with Crippen LogP contribution in [0, 0.1) is 12.8 Å². The SMILES string of the molecule is CC(=O)Nc1ccc(-c2csc(NC(=O)C3CCN(S(=O)(=O)c4ccc(C)cc4)CC3)n2)cc1. The summed E-state index contributed by atoms with van der Waals surface area (Å²) in [5.41, 5.74) is 3.31. The molecule has 8 nitrogen and oxygen atoms in total. The maximum atomic E-state index is 12.9. The first-order valence-corrected chi connectivity index (χ1v) is 13.3. The molecule has 10 heteroatoms. The molecule has 2 amide bonds. The Labute approximate surface area is 203 Å². The minimum absolute atomic E-state index is 0.134. The molecule has 0 spiro atoms. The number of nitrogens with zero attached hydrogens (tertiary/aromatic N) is 2. The minimum atomic E-state index is -3.56. The summed E-state index contributed by atoms with van der Waals surface area (Å²) < 4.78 is 27.2. The van der Waals surface area contributed by atoms with Crippen LogP contribution in [0.3, 0.4) is 0 Å². The first-order valence-electron chi connectivity index (χ1n) is 10.9. The van der Waals surface area contributed by atoms with E-state index in [2.05, 4.69) is 15.6 Å². The van der Waals surface area contributed by atoms with E-state index in [4.69, 9.17) is 0 Å². The summed E-state index contributed by atoms with van der Waals surface area (Å²) in [5, 5.41) is 7.96. The zero-order valence-electron chi connectivity index (χ0n) is 18.9. The van der Waals surface area contributed by atoms with Gasteiger partial charge in [0.25, 0.3) is 0 Å². The van der Waals surface area contributed by atoms with E-state index >= 15 is 0 Å². The molecule has 1 aromatic heterocycles. The topological polar surface area (TPSA) is 108 Å². The van der Waals surface area contributed by atoms with E-state index in [0.717, 1.165) is 16.8 Å². The number of carbonyl (C=O) groups is 2. The number of benzene rings is 2. The minimum Gasteiger partial charge on any atom is -0.326 e. The lowest BCUT2D eigenvalue weighted by Crippen LogP contribution is -2.41. The maximum Gasteiger partial charge on any atom is 0.243 e. The molecular formula is C24H26N4O4S2. The van der Waals surface area contributed by atoms with E-state index in [-0.39, 0.29) is 22.6 Å². The second-order valence-electron chi connectivity index (χ2n) is 8.28. The summed E-state index contributed by atoms with van der Waals surface area (Å²) in [6, 6.07) is 14.1. The molecule has 3 aromatic rings. The molecule has 0 atom stereocenters. The molecule has 0 bridgehead atoms. The highest BCUT2D eigenvalue weighted by molar-refractivity contribution is 7.89. The summed E-state index contributed by atoms with van der Waals surface area (Å²) in [7, 11) is -3.56. The van der Waals surface area contributed by atoms with Crippen molar-refractivity contribution in [3.8, 4) is 11.3 Å². The number of piperidine rings is 1. The number of nitrogens with one attached hydrogen (secondary N) is 2. The van der Waals surface area contributed by atoms with Gasteiger partial charge in [-0.25, -0.2) is 13.4 Å². The van der Waals surface area contributed by atoms with Crippen molar-refractivity contribution in [3.63, 3.8) is 0 Å². The quantitative estimate of drug-likeness (QED) is 0.532. The van der Waals surface area contributed by atoms with Crippen molar-refractivity contribution in [1.82, 2.24) is 9.29 Å². The molecule has 4 rings (SSSR count). The van der Waals surface area contributed by atoms with Crippen LogP contribution >= 0.6 is 11.3 Å². The van der Waals surface area contributed by atoms with Crippen molar-refractivity contribution in [2.45, 2.75) is 31.6 Å². The van der Waals surface area contributed by atoms with Gasteiger partial charge < -0.3 is 10.6 Å². The van der Waals surface area contributed by atoms with Crippen molar-refractivity contribution < 1.29 is 18.0 Å². The Morgan fingerprint density at radius 3 is 2.26 bits per heavy atom. The van der Waals surface area contributed by atoms with Gasteiger partial charge in [-0.1, -0.05) is 29.8 Å². The van der Waals surface area contributed by atoms with Gasteiger partial charge in [-0.2, -0.15) is 4.31 Å². The molecule has 0 saturated carbocycles. The summed E-state index contributed by atoms with van der Waals surface area (Å²) in [6.07, 6.45) is 0.916. The molecule has 0 unspecified atom stereocenters. The lowest BCUT2D eigenvalue weighted by atomic mass is 9.97. The number of thiazole rings is 1. The summed E-state index contributed by atoms with van der Waals surface area (Å²) in [6.45, 7) is 3.97. The van der Waals surface area contributed by atoms with Crippen molar-refractivity contribution in [3.05, 3.63) is 59.5 Å². The van der Waals surface area contributed by atoms with Gasteiger partial charge in [0.1, 0.15) is 0 Å². The van der Waals surface area contributed by atoms with Crippen LogP contribution in [0.1, 0.15) is 25.3 Å². The van der Waals surface area contributed by atoms with Crippen LogP contribution in [0.25, 0.3) is 11.3 Å². The van der Waals surface area contributed by atoms with Crippen LogP contribution in [-0.4, -0.2) is 42.6 Å². The zero-order valence-corrected chi connectivity index (χ0v) is 20.6. The number of amides is 2. The molecule has 34 heavy (non-hydrogen) atoms. The largest absolute Gasteiger partial charge is 0.326 e. The highest BCUT2D eigenvalue weighted by atomic mass is 32.2. The monoisotopic (exact) mass is 498 g/mol. The molecular weight excluding hydrogens is 472 g/mol. The lowest BCUT2D eigenvalue weighted by Gasteiger charge is -2.30. The van der Waals surface area contributed by atoms with Gasteiger partial charge in [0.2, 0.25) is 21.8 Å². The number of hydrogen-bond acceptors (Lipinski definition) is 6. The van der Waals surface area contributed by atoms with Crippen LogP contribution in [0.2, 0.25) is 0 Å². The number of aromatic nitrogens is 1. The van der Waals surface area contributed by atoms with Gasteiger partial charge in [-0.05, 0) is 44.0 Å². The fourth-order valence-electron chi connectivity index (χ4n) is 3.82. The summed E-state index contributed by atoms with van der Waals surface area (Å²) in [5.74, 6) is -0.548. The molecule has 1 aliphatic heterocycles. The summed E-state index contributed by atoms with van der Waals surface area (Å²) in [4.78, 5) is 28.7. The fraction of sp³-hybridized carbons (Fsp3) is 0.292. The Hall–Kier alpha value is -3.08. The van der Waals surface area contributed by atoms with Gasteiger partial charge in [0.05, 0.1) is 10.6 Å². The van der Waals surface area contributed by atoms with E-state index in [0.29, 0.717) is 36.8 Å². The molecule has 1 saturated heterocycles. The van der Waals surface area contributed by atoms with E-state index in [9.17, 15) is 18.0 Å². The molecule has 1 fully saturated rings. The van der Waals surface area contributed by atoms with Gasteiger partial charge in [-0.15, -0.1) is 11.3 Å². The molecule has 2 heterocycles. The number of hydrogen-bond donors (Lipinski definition) is 2. The molecule has 2 aromatic carbocycles.